The molecular formula is C13H16N2O3S. The lowest BCUT2D eigenvalue weighted by atomic mass is 10.1. The maximum atomic E-state index is 11.2. The quantitative estimate of drug-likeness (QED) is 0.911. The van der Waals surface area contributed by atoms with E-state index in [1.807, 2.05) is 20.8 Å². The van der Waals surface area contributed by atoms with Crippen molar-refractivity contribution in [2.24, 2.45) is 0 Å². The molecule has 0 aliphatic carbocycles. The van der Waals surface area contributed by atoms with Gasteiger partial charge in [0.05, 0.1) is 16.4 Å². The maximum Gasteiger partial charge on any atom is 0.347 e. The predicted molar refractivity (Wildman–Crippen MR) is 71.9 cm³/mol. The van der Waals surface area contributed by atoms with Crippen LogP contribution in [-0.4, -0.2) is 21.2 Å². The summed E-state index contributed by atoms with van der Waals surface area (Å²) in [6, 6.07) is 0. The Kier molecular flexibility index (Phi) is 3.99. The van der Waals surface area contributed by atoms with Crippen LogP contribution in [0.15, 0.2) is 4.52 Å². The molecule has 0 bridgehead atoms. The largest absolute Gasteiger partial charge is 0.477 e. The number of thiazole rings is 1. The van der Waals surface area contributed by atoms with E-state index in [1.165, 1.54) is 11.3 Å². The minimum absolute atomic E-state index is 0.351. The molecule has 0 saturated heterocycles. The molecule has 0 fully saturated rings. The minimum atomic E-state index is -0.897. The van der Waals surface area contributed by atoms with E-state index >= 15 is 0 Å². The van der Waals surface area contributed by atoms with Crippen LogP contribution in [0.3, 0.4) is 0 Å². The molecule has 0 aromatic carbocycles. The molecule has 0 amide bonds. The van der Waals surface area contributed by atoms with Crippen molar-refractivity contribution in [3.05, 3.63) is 32.6 Å². The van der Waals surface area contributed by atoms with Gasteiger partial charge < -0.3 is 9.63 Å². The average molecular weight is 280 g/mol. The van der Waals surface area contributed by atoms with Crippen LogP contribution in [0.4, 0.5) is 0 Å². The molecule has 5 nitrogen and oxygen atoms in total. The van der Waals surface area contributed by atoms with Crippen molar-refractivity contribution in [1.29, 1.82) is 0 Å². The van der Waals surface area contributed by atoms with E-state index < -0.39 is 5.97 Å². The first kappa shape index (κ1) is 13.7. The third-order valence-corrected chi connectivity index (χ3v) is 4.02. The first-order valence-electron chi connectivity index (χ1n) is 6.16. The van der Waals surface area contributed by atoms with E-state index in [0.29, 0.717) is 23.4 Å². The SMILES string of the molecule is CCCc1nc(Cc2c(C)noc2C)sc1C(=O)O. The summed E-state index contributed by atoms with van der Waals surface area (Å²) < 4.78 is 5.11. The Morgan fingerprint density at radius 2 is 2.16 bits per heavy atom. The lowest BCUT2D eigenvalue weighted by molar-refractivity contribution is 0.0700. The molecule has 0 spiro atoms. The summed E-state index contributed by atoms with van der Waals surface area (Å²) in [4.78, 5) is 16.0. The summed E-state index contributed by atoms with van der Waals surface area (Å²) in [7, 11) is 0. The Morgan fingerprint density at radius 1 is 1.42 bits per heavy atom. The number of aromatic nitrogens is 2. The van der Waals surface area contributed by atoms with Gasteiger partial charge in [0.1, 0.15) is 10.6 Å². The van der Waals surface area contributed by atoms with Gasteiger partial charge in [-0.2, -0.15) is 0 Å². The molecule has 0 saturated carbocycles. The minimum Gasteiger partial charge on any atom is -0.477 e. The zero-order valence-electron chi connectivity index (χ0n) is 11.2. The van der Waals surface area contributed by atoms with E-state index in [0.717, 1.165) is 28.4 Å². The fraction of sp³-hybridized carbons (Fsp3) is 0.462. The molecule has 102 valence electrons. The van der Waals surface area contributed by atoms with Crippen LogP contribution in [0.25, 0.3) is 0 Å². The Bertz CT molecular complexity index is 582. The monoisotopic (exact) mass is 280 g/mol. The number of rotatable bonds is 5. The number of carbonyl (C=O) groups is 1. The second-order valence-corrected chi connectivity index (χ2v) is 5.50. The molecule has 6 heteroatoms. The van der Waals surface area contributed by atoms with Crippen LogP contribution < -0.4 is 0 Å². The third kappa shape index (κ3) is 2.84. The Hall–Kier alpha value is -1.69. The van der Waals surface area contributed by atoms with Gasteiger partial charge in [0.15, 0.2) is 0 Å². The van der Waals surface area contributed by atoms with Gasteiger partial charge in [-0.05, 0) is 20.3 Å². The molecule has 2 aromatic rings. The Morgan fingerprint density at radius 3 is 2.68 bits per heavy atom. The lowest BCUT2D eigenvalue weighted by Gasteiger charge is -1.95. The first-order valence-corrected chi connectivity index (χ1v) is 6.98. The Labute approximate surface area is 115 Å². The second-order valence-electron chi connectivity index (χ2n) is 4.42. The van der Waals surface area contributed by atoms with E-state index in [1.54, 1.807) is 0 Å². The highest BCUT2D eigenvalue weighted by atomic mass is 32.1. The smallest absolute Gasteiger partial charge is 0.347 e. The van der Waals surface area contributed by atoms with E-state index in [2.05, 4.69) is 10.1 Å². The molecule has 1 N–H and O–H groups in total. The van der Waals surface area contributed by atoms with E-state index in [9.17, 15) is 9.90 Å². The number of hydrogen-bond donors (Lipinski definition) is 1. The van der Waals surface area contributed by atoms with Crippen LogP contribution in [0, 0.1) is 13.8 Å². The zero-order valence-corrected chi connectivity index (χ0v) is 12.0. The van der Waals surface area contributed by atoms with Gasteiger partial charge in [-0.15, -0.1) is 11.3 Å². The summed E-state index contributed by atoms with van der Waals surface area (Å²) >= 11 is 1.24. The number of aryl methyl sites for hydroxylation is 3. The topological polar surface area (TPSA) is 76.2 Å². The van der Waals surface area contributed by atoms with Gasteiger partial charge in [-0.25, -0.2) is 9.78 Å². The van der Waals surface area contributed by atoms with Crippen LogP contribution >= 0.6 is 11.3 Å². The Balaban J connectivity index is 2.31. The van der Waals surface area contributed by atoms with Gasteiger partial charge in [-0.3, -0.25) is 0 Å². The predicted octanol–water partition coefficient (Wildman–Crippen LogP) is 2.99. The van der Waals surface area contributed by atoms with Gasteiger partial charge in [-0.1, -0.05) is 18.5 Å². The fourth-order valence-corrected chi connectivity index (χ4v) is 2.92. The van der Waals surface area contributed by atoms with Crippen molar-refractivity contribution in [1.82, 2.24) is 10.1 Å². The van der Waals surface area contributed by atoms with Crippen molar-refractivity contribution in [2.45, 2.75) is 40.0 Å². The molecule has 0 aliphatic heterocycles. The van der Waals surface area contributed by atoms with Gasteiger partial charge in [0.2, 0.25) is 0 Å². The first-order chi connectivity index (χ1) is 9.02. The third-order valence-electron chi connectivity index (χ3n) is 2.93. The standard InChI is InChI=1S/C13H16N2O3S/c1-4-5-10-12(13(16)17)19-11(14-10)6-9-7(2)15-18-8(9)3/h4-6H2,1-3H3,(H,16,17). The van der Waals surface area contributed by atoms with Gasteiger partial charge in [0, 0.05) is 12.0 Å². The van der Waals surface area contributed by atoms with Crippen molar-refractivity contribution >= 4 is 17.3 Å². The van der Waals surface area contributed by atoms with Crippen molar-refractivity contribution < 1.29 is 14.4 Å². The molecular weight excluding hydrogens is 264 g/mol. The van der Waals surface area contributed by atoms with Crippen LogP contribution in [0.5, 0.6) is 0 Å². The van der Waals surface area contributed by atoms with Crippen molar-refractivity contribution in [3.8, 4) is 0 Å². The summed E-state index contributed by atoms with van der Waals surface area (Å²) in [5.74, 6) is -0.132. The molecule has 19 heavy (non-hydrogen) atoms. The highest BCUT2D eigenvalue weighted by Gasteiger charge is 2.18. The highest BCUT2D eigenvalue weighted by Crippen LogP contribution is 2.24. The summed E-state index contributed by atoms with van der Waals surface area (Å²) in [5.41, 5.74) is 2.51. The summed E-state index contributed by atoms with van der Waals surface area (Å²) in [6.07, 6.45) is 2.16. The number of hydrogen-bond acceptors (Lipinski definition) is 5. The molecule has 0 radical (unpaired) electrons. The second kappa shape index (κ2) is 5.52. The maximum absolute atomic E-state index is 11.2. The molecule has 0 aliphatic rings. The van der Waals surface area contributed by atoms with E-state index in [4.69, 9.17) is 4.52 Å². The van der Waals surface area contributed by atoms with Crippen LogP contribution in [0.1, 0.15) is 50.7 Å². The summed E-state index contributed by atoms with van der Waals surface area (Å²) in [5, 5.41) is 13.9. The van der Waals surface area contributed by atoms with Crippen LogP contribution in [0.2, 0.25) is 0 Å². The number of nitrogens with zero attached hydrogens (tertiary/aromatic N) is 2. The normalized spacial score (nSPS) is 10.9. The highest BCUT2D eigenvalue weighted by molar-refractivity contribution is 7.13. The van der Waals surface area contributed by atoms with Crippen molar-refractivity contribution in [3.63, 3.8) is 0 Å². The summed E-state index contributed by atoms with van der Waals surface area (Å²) in [6.45, 7) is 5.75. The van der Waals surface area contributed by atoms with E-state index in [-0.39, 0.29) is 0 Å². The molecule has 2 aromatic heterocycles. The number of carboxylic acid groups (broad SMARTS) is 1. The van der Waals surface area contributed by atoms with Gasteiger partial charge >= 0.3 is 5.97 Å². The molecule has 0 unspecified atom stereocenters. The number of carboxylic acids is 1. The lowest BCUT2D eigenvalue weighted by Crippen LogP contribution is -1.98. The number of aromatic carboxylic acids is 1. The average Bonchev–Trinajstić information content (AvgIpc) is 2.88. The van der Waals surface area contributed by atoms with Crippen molar-refractivity contribution in [2.75, 3.05) is 0 Å². The van der Waals surface area contributed by atoms with Crippen LogP contribution in [-0.2, 0) is 12.8 Å². The fourth-order valence-electron chi connectivity index (χ4n) is 1.96. The zero-order chi connectivity index (χ0) is 14.0. The molecule has 0 atom stereocenters. The molecule has 2 rings (SSSR count). The molecule has 2 heterocycles. The van der Waals surface area contributed by atoms with Gasteiger partial charge in [0.25, 0.3) is 0 Å².